The summed E-state index contributed by atoms with van der Waals surface area (Å²) < 4.78 is 0. The van der Waals surface area contributed by atoms with E-state index in [-0.39, 0.29) is 21.7 Å². The molecule has 0 amide bonds. The molecule has 2 atom stereocenters. The summed E-state index contributed by atoms with van der Waals surface area (Å²) in [5.41, 5.74) is 0. The zero-order valence-corrected chi connectivity index (χ0v) is 11.3. The van der Waals surface area contributed by atoms with Gasteiger partial charge in [-0.1, -0.05) is 0 Å². The minimum atomic E-state index is -1.44. The van der Waals surface area contributed by atoms with Crippen molar-refractivity contribution in [3.05, 3.63) is 0 Å². The molecule has 0 aromatic heterocycles. The number of carbonyl (C=O) groups excluding carboxylic acids is 2. The van der Waals surface area contributed by atoms with Crippen LogP contribution in [0.5, 0.6) is 0 Å². The second-order valence-electron chi connectivity index (χ2n) is 2.54. The van der Waals surface area contributed by atoms with Crippen molar-refractivity contribution in [2.45, 2.75) is 26.1 Å². The van der Waals surface area contributed by atoms with Crippen molar-refractivity contribution in [3.63, 3.8) is 0 Å². The fourth-order valence-electron chi connectivity index (χ4n) is 0. The summed E-state index contributed by atoms with van der Waals surface area (Å²) in [6.45, 7) is 1.49. The third kappa shape index (κ3) is 36.3. The number of aliphatic carboxylic acids is 3. The molecule has 0 aliphatic rings. The minimum Gasteiger partial charge on any atom is -0.547 e. The molecule has 0 aliphatic carbocycles. The molecule has 0 rings (SSSR count). The third-order valence-corrected chi connectivity index (χ3v) is 0.817. The molecule has 18 heavy (non-hydrogen) atoms. The van der Waals surface area contributed by atoms with Gasteiger partial charge in [0.05, 0.1) is 24.1 Å². The van der Waals surface area contributed by atoms with Crippen LogP contribution in [0.2, 0.25) is 0 Å². The molecule has 0 fully saturated rings. The summed E-state index contributed by atoms with van der Waals surface area (Å²) >= 11 is 0. The molecule has 0 saturated carbocycles. The van der Waals surface area contributed by atoms with E-state index in [4.69, 9.17) is 25.2 Å². The molecule has 0 bridgehead atoms. The van der Waals surface area contributed by atoms with E-state index in [9.17, 15) is 19.8 Å². The van der Waals surface area contributed by atoms with Gasteiger partial charge < -0.3 is 40.2 Å². The number of carboxylic acid groups (broad SMARTS) is 3. The third-order valence-electron chi connectivity index (χ3n) is 0.817. The molecule has 104 valence electrons. The van der Waals surface area contributed by atoms with Crippen LogP contribution in [-0.2, 0) is 36.1 Å². The van der Waals surface area contributed by atoms with Crippen LogP contribution in [0.3, 0.4) is 0 Å². The number of hydrogen-bond donors (Lipinski definition) is 4. The van der Waals surface area contributed by atoms with Gasteiger partial charge in [0.1, 0.15) is 6.61 Å². The average Bonchev–Trinajstić information content (AvgIpc) is 2.19. The predicted octanol–water partition coefficient (Wildman–Crippen LogP) is -4.70. The maximum Gasteiger partial charge on any atom is 2.00 e. The van der Waals surface area contributed by atoms with E-state index < -0.39 is 36.7 Å². The zero-order valence-electron chi connectivity index (χ0n) is 9.69. The Morgan fingerprint density at radius 3 is 1.11 bits per heavy atom. The Morgan fingerprint density at radius 1 is 1.00 bits per heavy atom. The molecule has 0 aliphatic heterocycles. The number of aliphatic hydroxyl groups excluding tert-OH is 3. The normalized spacial score (nSPS) is 11.2. The molecule has 4 N–H and O–H groups in total. The van der Waals surface area contributed by atoms with Crippen LogP contribution in [0.15, 0.2) is 0 Å². The van der Waals surface area contributed by atoms with Gasteiger partial charge >= 0.3 is 27.7 Å². The molecule has 0 radical (unpaired) electrons. The molecular formula is C8H14O9Ti. The number of hydrogen-bond acceptors (Lipinski definition) is 8. The summed E-state index contributed by atoms with van der Waals surface area (Å²) in [4.78, 5) is 27.8. The molecule has 0 saturated heterocycles. The van der Waals surface area contributed by atoms with E-state index >= 15 is 0 Å². The van der Waals surface area contributed by atoms with E-state index in [0.717, 1.165) is 13.8 Å². The van der Waals surface area contributed by atoms with E-state index in [1.54, 1.807) is 0 Å². The van der Waals surface area contributed by atoms with E-state index in [2.05, 4.69) is 0 Å². The Hall–Kier alpha value is -0.996. The Morgan fingerprint density at radius 2 is 1.11 bits per heavy atom. The average molecular weight is 302 g/mol. The van der Waals surface area contributed by atoms with Crippen molar-refractivity contribution in [1.29, 1.82) is 0 Å². The van der Waals surface area contributed by atoms with Crippen molar-refractivity contribution in [2.75, 3.05) is 6.61 Å². The Bertz CT molecular complexity index is 221. The maximum absolute atomic E-state index is 9.34. The van der Waals surface area contributed by atoms with Gasteiger partial charge in [0.2, 0.25) is 0 Å². The quantitative estimate of drug-likeness (QED) is 0.372. The minimum absolute atomic E-state index is 0. The van der Waals surface area contributed by atoms with Crippen LogP contribution < -0.4 is 10.2 Å². The summed E-state index contributed by atoms with van der Waals surface area (Å²) in [6, 6.07) is 0. The molecule has 9 nitrogen and oxygen atoms in total. The maximum atomic E-state index is 9.34. The predicted molar refractivity (Wildman–Crippen MR) is 48.1 cm³/mol. The Kier molecular flexibility index (Phi) is 22.9. The molecular weight excluding hydrogens is 288 g/mol. The molecule has 0 spiro atoms. The summed E-state index contributed by atoms with van der Waals surface area (Å²) in [5, 5.41) is 49.6. The first-order valence-electron chi connectivity index (χ1n) is 4.16. The second kappa shape index (κ2) is 16.0. The van der Waals surface area contributed by atoms with Gasteiger partial charge in [-0.3, -0.25) is 0 Å². The van der Waals surface area contributed by atoms with Crippen molar-refractivity contribution in [2.24, 2.45) is 0 Å². The fourth-order valence-corrected chi connectivity index (χ4v) is 0. The van der Waals surface area contributed by atoms with Gasteiger partial charge in [-0.05, 0) is 13.8 Å². The zero-order chi connectivity index (χ0) is 14.6. The monoisotopic (exact) mass is 302 g/mol. The number of carboxylic acids is 3. The molecule has 0 heterocycles. The van der Waals surface area contributed by atoms with Gasteiger partial charge in [0.25, 0.3) is 0 Å². The van der Waals surface area contributed by atoms with E-state index in [0.29, 0.717) is 0 Å². The second-order valence-corrected chi connectivity index (χ2v) is 2.54. The van der Waals surface area contributed by atoms with Crippen LogP contribution in [0.25, 0.3) is 0 Å². The Balaban J connectivity index is -0.0000000799. The largest absolute Gasteiger partial charge is 2.00 e. The van der Waals surface area contributed by atoms with Gasteiger partial charge in [-0.25, -0.2) is 4.79 Å². The number of aliphatic hydroxyl groups is 3. The van der Waals surface area contributed by atoms with Crippen molar-refractivity contribution >= 4 is 17.9 Å². The summed E-state index contributed by atoms with van der Waals surface area (Å²) in [5.74, 6) is -4.06. The van der Waals surface area contributed by atoms with Crippen LogP contribution in [-0.4, -0.2) is 57.1 Å². The molecule has 2 unspecified atom stereocenters. The van der Waals surface area contributed by atoms with Gasteiger partial charge in [-0.2, -0.15) is 0 Å². The van der Waals surface area contributed by atoms with Crippen LogP contribution >= 0.6 is 0 Å². The first-order valence-corrected chi connectivity index (χ1v) is 4.16. The number of rotatable bonds is 3. The van der Waals surface area contributed by atoms with Crippen molar-refractivity contribution in [3.8, 4) is 0 Å². The molecule has 0 aromatic carbocycles. The fraction of sp³-hybridized carbons (Fsp3) is 0.625. The molecule has 10 heteroatoms. The van der Waals surface area contributed by atoms with Gasteiger partial charge in [0, 0.05) is 0 Å². The first-order chi connectivity index (χ1) is 7.56. The van der Waals surface area contributed by atoms with E-state index in [1.807, 2.05) is 0 Å². The SMILES string of the molecule is CC(O)C(=O)[O-].CC(O)C(=O)[O-].O=C(O)CO.[Ti+2]. The Labute approximate surface area is 118 Å². The van der Waals surface area contributed by atoms with Gasteiger partial charge in [0.15, 0.2) is 0 Å². The van der Waals surface area contributed by atoms with Crippen LogP contribution in [0.1, 0.15) is 13.8 Å². The number of carbonyl (C=O) groups is 3. The van der Waals surface area contributed by atoms with Crippen molar-refractivity contribution < 1.29 is 66.7 Å². The van der Waals surface area contributed by atoms with Crippen LogP contribution in [0, 0.1) is 0 Å². The van der Waals surface area contributed by atoms with E-state index in [1.165, 1.54) is 0 Å². The summed E-state index contributed by atoms with van der Waals surface area (Å²) in [7, 11) is 0. The first kappa shape index (κ1) is 25.8. The van der Waals surface area contributed by atoms with Gasteiger partial charge in [-0.15, -0.1) is 0 Å². The van der Waals surface area contributed by atoms with Crippen LogP contribution in [0.4, 0.5) is 0 Å². The molecule has 0 aromatic rings. The smallest absolute Gasteiger partial charge is 0.547 e. The topological polar surface area (TPSA) is 178 Å². The summed E-state index contributed by atoms with van der Waals surface area (Å²) in [6.07, 6.45) is -2.69. The van der Waals surface area contributed by atoms with Crippen molar-refractivity contribution in [1.82, 2.24) is 0 Å². The standard InChI is InChI=1S/2C3H6O3.C2H4O3.Ti/c2*1-2(4)3(5)6;3-1-2(4)5;/h2*2,4H,1H3,(H,5,6);3H,1H2,(H,4,5);/q;;;+2/p-2.